The van der Waals surface area contributed by atoms with Crippen LogP contribution in [0.1, 0.15) is 43.2 Å². The minimum absolute atomic E-state index is 0.270. The summed E-state index contributed by atoms with van der Waals surface area (Å²) in [5, 5.41) is 0. The number of amides is 1. The van der Waals surface area contributed by atoms with E-state index in [-0.39, 0.29) is 5.92 Å². The Hall–Kier alpha value is -1.35. The second-order valence-electron chi connectivity index (χ2n) is 6.86. The van der Waals surface area contributed by atoms with Gasteiger partial charge in [0.15, 0.2) is 0 Å². The first-order chi connectivity index (χ1) is 10.7. The van der Waals surface area contributed by atoms with Crippen molar-refractivity contribution in [1.82, 2.24) is 9.80 Å². The molecule has 0 aliphatic carbocycles. The van der Waals surface area contributed by atoms with Crippen molar-refractivity contribution in [3.05, 3.63) is 35.4 Å². The lowest BCUT2D eigenvalue weighted by atomic mass is 9.94. The highest BCUT2D eigenvalue weighted by molar-refractivity contribution is 5.79. The zero-order valence-electron chi connectivity index (χ0n) is 13.8. The standard InChI is InChI=1S/C19H28N2O/c1-16-7-3-4-8-18(16)15-20-13-9-17(10-14-20)19(22)21-11-5-2-6-12-21/h3-4,7-8,17H,2,5-6,9-15H2,1H3. The predicted octanol–water partition coefficient (Wildman–Crippen LogP) is 3.22. The molecule has 22 heavy (non-hydrogen) atoms. The lowest BCUT2D eigenvalue weighted by Crippen LogP contribution is -2.44. The maximum Gasteiger partial charge on any atom is 0.225 e. The number of nitrogens with zero attached hydrogens (tertiary/aromatic N) is 2. The van der Waals surface area contributed by atoms with E-state index in [1.165, 1.54) is 30.4 Å². The van der Waals surface area contributed by atoms with Crippen molar-refractivity contribution >= 4 is 5.91 Å². The van der Waals surface area contributed by atoms with E-state index < -0.39 is 0 Å². The molecule has 3 nitrogen and oxygen atoms in total. The monoisotopic (exact) mass is 300 g/mol. The molecule has 2 saturated heterocycles. The van der Waals surface area contributed by atoms with Crippen LogP contribution in [0.15, 0.2) is 24.3 Å². The van der Waals surface area contributed by atoms with Gasteiger partial charge in [0.1, 0.15) is 0 Å². The Morgan fingerprint density at radius 2 is 1.73 bits per heavy atom. The number of hydrogen-bond acceptors (Lipinski definition) is 2. The summed E-state index contributed by atoms with van der Waals surface area (Å²) >= 11 is 0. The molecule has 3 rings (SSSR count). The van der Waals surface area contributed by atoms with Gasteiger partial charge < -0.3 is 4.90 Å². The van der Waals surface area contributed by atoms with E-state index in [0.29, 0.717) is 5.91 Å². The summed E-state index contributed by atoms with van der Waals surface area (Å²) in [5.41, 5.74) is 2.79. The van der Waals surface area contributed by atoms with Gasteiger partial charge in [-0.15, -0.1) is 0 Å². The first-order valence-electron chi connectivity index (χ1n) is 8.79. The lowest BCUT2D eigenvalue weighted by Gasteiger charge is -2.35. The van der Waals surface area contributed by atoms with Crippen LogP contribution in [0.3, 0.4) is 0 Å². The van der Waals surface area contributed by atoms with Gasteiger partial charge in [0.05, 0.1) is 0 Å². The van der Waals surface area contributed by atoms with E-state index in [9.17, 15) is 4.79 Å². The van der Waals surface area contributed by atoms with Crippen molar-refractivity contribution in [2.45, 2.75) is 45.6 Å². The van der Waals surface area contributed by atoms with Crippen molar-refractivity contribution in [3.8, 4) is 0 Å². The molecule has 3 heteroatoms. The van der Waals surface area contributed by atoms with Gasteiger partial charge in [0.25, 0.3) is 0 Å². The van der Waals surface area contributed by atoms with Crippen LogP contribution in [0, 0.1) is 12.8 Å². The zero-order chi connectivity index (χ0) is 15.4. The number of benzene rings is 1. The Kier molecular flexibility index (Phi) is 5.14. The van der Waals surface area contributed by atoms with Gasteiger partial charge in [-0.1, -0.05) is 24.3 Å². The first-order valence-corrected chi connectivity index (χ1v) is 8.79. The van der Waals surface area contributed by atoms with E-state index in [1.54, 1.807) is 0 Å². The fraction of sp³-hybridized carbons (Fsp3) is 0.632. The Morgan fingerprint density at radius 3 is 2.41 bits per heavy atom. The molecule has 2 fully saturated rings. The van der Waals surface area contributed by atoms with E-state index in [0.717, 1.165) is 45.6 Å². The third-order valence-corrected chi connectivity index (χ3v) is 5.26. The average molecular weight is 300 g/mol. The number of likely N-dealkylation sites (tertiary alicyclic amines) is 2. The maximum absolute atomic E-state index is 12.6. The van der Waals surface area contributed by atoms with Crippen LogP contribution >= 0.6 is 0 Å². The molecule has 0 N–H and O–H groups in total. The Bertz CT molecular complexity index is 500. The number of rotatable bonds is 3. The number of piperidine rings is 2. The third kappa shape index (κ3) is 3.70. The van der Waals surface area contributed by atoms with Crippen molar-refractivity contribution in [2.24, 2.45) is 5.92 Å². The maximum atomic E-state index is 12.6. The van der Waals surface area contributed by atoms with Crippen molar-refractivity contribution in [1.29, 1.82) is 0 Å². The van der Waals surface area contributed by atoms with E-state index in [2.05, 4.69) is 41.0 Å². The molecule has 0 saturated carbocycles. The zero-order valence-corrected chi connectivity index (χ0v) is 13.8. The number of carbonyl (C=O) groups excluding carboxylic acids is 1. The van der Waals surface area contributed by atoms with Crippen LogP contribution in [0.4, 0.5) is 0 Å². The molecule has 1 amide bonds. The van der Waals surface area contributed by atoms with E-state index in [4.69, 9.17) is 0 Å². The second-order valence-corrected chi connectivity index (χ2v) is 6.86. The third-order valence-electron chi connectivity index (χ3n) is 5.26. The van der Waals surface area contributed by atoms with Crippen LogP contribution < -0.4 is 0 Å². The topological polar surface area (TPSA) is 23.6 Å². The summed E-state index contributed by atoms with van der Waals surface area (Å²) in [6, 6.07) is 8.62. The lowest BCUT2D eigenvalue weighted by molar-refractivity contribution is -0.138. The molecule has 120 valence electrons. The highest BCUT2D eigenvalue weighted by atomic mass is 16.2. The summed E-state index contributed by atoms with van der Waals surface area (Å²) in [6.07, 6.45) is 5.73. The molecule has 2 heterocycles. The molecule has 0 spiro atoms. The molecule has 2 aliphatic rings. The quantitative estimate of drug-likeness (QED) is 0.856. The van der Waals surface area contributed by atoms with Crippen LogP contribution in [0.25, 0.3) is 0 Å². The van der Waals surface area contributed by atoms with E-state index in [1.807, 2.05) is 0 Å². The van der Waals surface area contributed by atoms with Gasteiger partial charge in [0.2, 0.25) is 5.91 Å². The van der Waals surface area contributed by atoms with Gasteiger partial charge in [-0.2, -0.15) is 0 Å². The van der Waals surface area contributed by atoms with E-state index >= 15 is 0 Å². The molecule has 2 aliphatic heterocycles. The molecule has 1 aromatic carbocycles. The highest BCUT2D eigenvalue weighted by Gasteiger charge is 2.29. The van der Waals surface area contributed by atoms with Crippen molar-refractivity contribution < 1.29 is 4.79 Å². The number of aryl methyl sites for hydroxylation is 1. The molecule has 1 aromatic rings. The first kappa shape index (κ1) is 15.5. The van der Waals surface area contributed by atoms with Crippen molar-refractivity contribution in [2.75, 3.05) is 26.2 Å². The Morgan fingerprint density at radius 1 is 1.05 bits per heavy atom. The summed E-state index contributed by atoms with van der Waals surface area (Å²) < 4.78 is 0. The van der Waals surface area contributed by atoms with Gasteiger partial charge in [0, 0.05) is 25.6 Å². The fourth-order valence-electron chi connectivity index (χ4n) is 3.74. The number of carbonyl (C=O) groups is 1. The Labute approximate surface area is 134 Å². The van der Waals surface area contributed by atoms with Crippen LogP contribution in [0.5, 0.6) is 0 Å². The summed E-state index contributed by atoms with van der Waals surface area (Å²) in [4.78, 5) is 17.2. The average Bonchev–Trinajstić information content (AvgIpc) is 2.58. The van der Waals surface area contributed by atoms with Crippen LogP contribution in [-0.2, 0) is 11.3 Å². The smallest absolute Gasteiger partial charge is 0.225 e. The SMILES string of the molecule is Cc1ccccc1CN1CCC(C(=O)N2CCCCC2)CC1. The van der Waals surface area contributed by atoms with Crippen LogP contribution in [0.2, 0.25) is 0 Å². The second kappa shape index (κ2) is 7.28. The summed E-state index contributed by atoms with van der Waals surface area (Å²) in [5.74, 6) is 0.696. The van der Waals surface area contributed by atoms with Gasteiger partial charge in [-0.05, 0) is 63.2 Å². The van der Waals surface area contributed by atoms with Gasteiger partial charge >= 0.3 is 0 Å². The van der Waals surface area contributed by atoms with Gasteiger partial charge in [-0.3, -0.25) is 9.69 Å². The highest BCUT2D eigenvalue weighted by Crippen LogP contribution is 2.23. The summed E-state index contributed by atoms with van der Waals surface area (Å²) in [6.45, 7) is 7.29. The molecular formula is C19H28N2O. The normalized spacial score (nSPS) is 21.0. The van der Waals surface area contributed by atoms with Crippen molar-refractivity contribution in [3.63, 3.8) is 0 Å². The molecule has 0 radical (unpaired) electrons. The Balaban J connectivity index is 1.50. The molecular weight excluding hydrogens is 272 g/mol. The largest absolute Gasteiger partial charge is 0.342 e. The molecule has 0 unspecified atom stereocenters. The minimum atomic E-state index is 0.270. The predicted molar refractivity (Wildman–Crippen MR) is 89.6 cm³/mol. The minimum Gasteiger partial charge on any atom is -0.342 e. The number of hydrogen-bond donors (Lipinski definition) is 0. The van der Waals surface area contributed by atoms with Crippen LogP contribution in [-0.4, -0.2) is 41.9 Å². The summed E-state index contributed by atoms with van der Waals surface area (Å²) in [7, 11) is 0. The fourth-order valence-corrected chi connectivity index (χ4v) is 3.74. The molecule has 0 atom stereocenters. The molecule has 0 aromatic heterocycles. The van der Waals surface area contributed by atoms with Gasteiger partial charge in [-0.25, -0.2) is 0 Å². The molecule has 0 bridgehead atoms.